The van der Waals surface area contributed by atoms with Crippen molar-refractivity contribution in [2.24, 2.45) is 11.7 Å². The van der Waals surface area contributed by atoms with E-state index in [1.54, 1.807) is 152 Å². The number of carbonyl (C=O) groups excluding carboxylic acids is 6. The molecule has 0 bridgehead atoms. The summed E-state index contributed by atoms with van der Waals surface area (Å²) in [5.74, 6) is 9.19. The Morgan fingerprint density at radius 1 is 0.306 bits per heavy atom. The van der Waals surface area contributed by atoms with Crippen LogP contribution in [0.3, 0.4) is 0 Å². The highest BCUT2D eigenvalue weighted by Crippen LogP contribution is 2.25. The van der Waals surface area contributed by atoms with Crippen LogP contribution in [0.15, 0.2) is 182 Å². The van der Waals surface area contributed by atoms with Gasteiger partial charge >= 0.3 is 0 Å². The minimum Gasteiger partial charge on any atom is -0.322 e. The maximum atomic E-state index is 14.1. The van der Waals surface area contributed by atoms with E-state index in [2.05, 4.69) is 21.3 Å². The maximum absolute atomic E-state index is 14.1. The van der Waals surface area contributed by atoms with Crippen LogP contribution in [-0.4, -0.2) is 35.4 Å². The Morgan fingerprint density at radius 2 is 0.613 bits per heavy atom. The fourth-order valence-electron chi connectivity index (χ4n) is 6.24. The molecule has 0 spiro atoms. The van der Waals surface area contributed by atoms with Crippen LogP contribution in [0.2, 0.25) is 0 Å². The Balaban J connectivity index is 1.15. The molecule has 6 amide bonds. The van der Waals surface area contributed by atoms with Gasteiger partial charge in [-0.3, -0.25) is 28.8 Å². The van der Waals surface area contributed by atoms with E-state index in [1.807, 2.05) is 0 Å². The van der Waals surface area contributed by atoms with E-state index in [1.165, 1.54) is 30.3 Å². The lowest BCUT2D eigenvalue weighted by Gasteiger charge is -2.19. The second-order valence-corrected chi connectivity index (χ2v) is 13.7. The van der Waals surface area contributed by atoms with Gasteiger partial charge in [-0.15, -0.1) is 0 Å². The van der Waals surface area contributed by atoms with Crippen LogP contribution >= 0.6 is 0 Å². The molecule has 0 saturated carbocycles. The Kier molecular flexibility index (Phi) is 12.6. The van der Waals surface area contributed by atoms with Gasteiger partial charge in [0, 0.05) is 56.1 Å². The van der Waals surface area contributed by atoms with Gasteiger partial charge < -0.3 is 21.3 Å². The van der Waals surface area contributed by atoms with E-state index in [0.717, 1.165) is 10.0 Å². The zero-order valence-electron chi connectivity index (χ0n) is 32.8. The number of hydrogen-bond acceptors (Lipinski definition) is 8. The molecule has 7 rings (SSSR count). The van der Waals surface area contributed by atoms with Gasteiger partial charge in [0.2, 0.25) is 0 Å². The van der Waals surface area contributed by atoms with Crippen molar-refractivity contribution in [3.63, 3.8) is 0 Å². The molecule has 8 N–H and O–H groups in total. The van der Waals surface area contributed by atoms with Gasteiger partial charge in [-0.25, -0.2) is 21.7 Å². The SMILES string of the molecule is NN(C(=O)c1ccccc1)c1cccc(NC(=O)c2cc(C(=O)Nc3cccc(NC(=O)c4ccccc4)c3)cc(C(=O)N(N)c3cccc(NC(=O)c4ccccc4)c3)c2)c1. The molecule has 14 nitrogen and oxygen atoms in total. The number of nitrogens with one attached hydrogen (secondary N) is 4. The first-order valence-electron chi connectivity index (χ1n) is 19.1. The van der Waals surface area contributed by atoms with Gasteiger partial charge in [-0.05, 0) is 109 Å². The Morgan fingerprint density at radius 3 is 1.02 bits per heavy atom. The summed E-state index contributed by atoms with van der Waals surface area (Å²) in [6, 6.07) is 48.6. The lowest BCUT2D eigenvalue weighted by Crippen LogP contribution is -2.38. The van der Waals surface area contributed by atoms with E-state index >= 15 is 0 Å². The first-order chi connectivity index (χ1) is 30.0. The van der Waals surface area contributed by atoms with Crippen LogP contribution in [0.4, 0.5) is 34.1 Å². The zero-order valence-corrected chi connectivity index (χ0v) is 32.8. The minimum atomic E-state index is -0.786. The molecule has 0 aliphatic rings. The summed E-state index contributed by atoms with van der Waals surface area (Å²) in [5, 5.41) is 12.9. The van der Waals surface area contributed by atoms with Crippen molar-refractivity contribution in [3.05, 3.63) is 215 Å². The number of hydrazine groups is 2. The van der Waals surface area contributed by atoms with Gasteiger partial charge in [-0.1, -0.05) is 72.8 Å². The van der Waals surface area contributed by atoms with Gasteiger partial charge in [0.25, 0.3) is 35.4 Å². The van der Waals surface area contributed by atoms with Crippen LogP contribution in [-0.2, 0) is 0 Å². The largest absolute Gasteiger partial charge is 0.322 e. The number of carbonyl (C=O) groups is 6. The Labute approximate surface area is 355 Å². The molecule has 0 fully saturated rings. The third kappa shape index (κ3) is 10.1. The van der Waals surface area contributed by atoms with E-state index in [9.17, 15) is 28.8 Å². The van der Waals surface area contributed by atoms with Crippen molar-refractivity contribution < 1.29 is 28.8 Å². The third-order valence-electron chi connectivity index (χ3n) is 9.38. The van der Waals surface area contributed by atoms with Crippen molar-refractivity contribution in [2.45, 2.75) is 0 Å². The zero-order chi connectivity index (χ0) is 43.6. The monoisotopic (exact) mass is 822 g/mol. The molecule has 0 heterocycles. The normalized spacial score (nSPS) is 10.5. The smallest absolute Gasteiger partial charge is 0.272 e. The predicted molar refractivity (Wildman–Crippen MR) is 239 cm³/mol. The van der Waals surface area contributed by atoms with Crippen LogP contribution in [0.5, 0.6) is 0 Å². The molecular formula is C48H38N8O6. The van der Waals surface area contributed by atoms with Gasteiger partial charge in [-0.2, -0.15) is 0 Å². The average molecular weight is 823 g/mol. The minimum absolute atomic E-state index is 0.0765. The summed E-state index contributed by atoms with van der Waals surface area (Å²) >= 11 is 0. The number of nitrogens with zero attached hydrogens (tertiary/aromatic N) is 2. The quantitative estimate of drug-likeness (QED) is 0.0407. The van der Waals surface area contributed by atoms with Gasteiger partial charge in [0.1, 0.15) is 0 Å². The molecule has 0 aliphatic heterocycles. The first-order valence-corrected chi connectivity index (χ1v) is 19.1. The summed E-state index contributed by atoms with van der Waals surface area (Å²) in [4.78, 5) is 80.6. The van der Waals surface area contributed by atoms with Gasteiger partial charge in [0.05, 0.1) is 11.4 Å². The van der Waals surface area contributed by atoms with Crippen LogP contribution < -0.4 is 43.0 Å². The van der Waals surface area contributed by atoms with E-state index < -0.39 is 23.6 Å². The topological polar surface area (TPSA) is 209 Å². The summed E-state index contributed by atoms with van der Waals surface area (Å²) < 4.78 is 0. The van der Waals surface area contributed by atoms with Crippen LogP contribution in [0, 0.1) is 0 Å². The van der Waals surface area contributed by atoms with Crippen molar-refractivity contribution in [2.75, 3.05) is 31.3 Å². The highest BCUT2D eigenvalue weighted by Gasteiger charge is 2.22. The lowest BCUT2D eigenvalue weighted by atomic mass is 10.0. The number of benzene rings is 7. The number of hydrogen-bond donors (Lipinski definition) is 6. The average Bonchev–Trinajstić information content (AvgIpc) is 3.31. The fraction of sp³-hybridized carbons (Fsp3) is 0. The second kappa shape index (κ2) is 18.9. The molecule has 7 aromatic carbocycles. The van der Waals surface area contributed by atoms with E-state index in [-0.39, 0.29) is 45.6 Å². The molecular weight excluding hydrogens is 785 g/mol. The van der Waals surface area contributed by atoms with Crippen molar-refractivity contribution >= 4 is 69.6 Å². The summed E-state index contributed by atoms with van der Waals surface area (Å²) in [6.07, 6.45) is 0. The predicted octanol–water partition coefficient (Wildman–Crippen LogP) is 7.74. The molecule has 0 atom stereocenters. The molecule has 0 unspecified atom stereocenters. The molecule has 7 aromatic rings. The molecule has 62 heavy (non-hydrogen) atoms. The fourth-order valence-corrected chi connectivity index (χ4v) is 6.24. The summed E-state index contributed by atoms with van der Waals surface area (Å²) in [7, 11) is 0. The number of amides is 6. The number of rotatable bonds is 12. The molecule has 0 saturated heterocycles. The first kappa shape index (κ1) is 41.4. The molecule has 0 radical (unpaired) electrons. The Hall–Kier alpha value is -8.72. The lowest BCUT2D eigenvalue weighted by molar-refractivity contribution is 0.0978. The molecule has 306 valence electrons. The van der Waals surface area contributed by atoms with Crippen LogP contribution in [0.25, 0.3) is 0 Å². The maximum Gasteiger partial charge on any atom is 0.272 e. The third-order valence-corrected chi connectivity index (χ3v) is 9.38. The highest BCUT2D eigenvalue weighted by atomic mass is 16.2. The standard InChI is InChI=1S/C48H38N8O6/c49-55(47(61)33-17-8-3-9-18-33)41-23-12-22-40(30-41)54-46(60)35-25-34(45(59)52-38-20-10-19-37(28-38)51-43(57)31-13-4-1-5-14-31)26-36(27-35)48(62)56(50)42-24-11-21-39(29-42)53-44(58)32-15-6-2-7-16-32/h1-30H,49-50H2,(H,51,57)(H,52,59)(H,53,58)(H,54,60). The molecule has 14 heteroatoms. The van der Waals surface area contributed by atoms with Gasteiger partial charge in [0.15, 0.2) is 0 Å². The van der Waals surface area contributed by atoms with E-state index in [0.29, 0.717) is 33.8 Å². The Bertz CT molecular complexity index is 2800. The highest BCUT2D eigenvalue weighted by molar-refractivity contribution is 6.14. The molecule has 0 aliphatic carbocycles. The van der Waals surface area contributed by atoms with Crippen molar-refractivity contribution in [1.29, 1.82) is 0 Å². The van der Waals surface area contributed by atoms with Crippen molar-refractivity contribution in [3.8, 4) is 0 Å². The number of nitrogens with two attached hydrogens (primary N) is 2. The molecule has 0 aromatic heterocycles. The number of anilines is 6. The second-order valence-electron chi connectivity index (χ2n) is 13.7. The van der Waals surface area contributed by atoms with Crippen LogP contribution in [0.1, 0.15) is 62.1 Å². The summed E-state index contributed by atoms with van der Waals surface area (Å²) in [5.41, 5.74) is 2.76. The summed E-state index contributed by atoms with van der Waals surface area (Å²) in [6.45, 7) is 0. The van der Waals surface area contributed by atoms with Crippen molar-refractivity contribution in [1.82, 2.24) is 0 Å². The van der Waals surface area contributed by atoms with E-state index in [4.69, 9.17) is 11.7 Å².